The number of aromatic nitrogens is 2. The first-order valence-electron chi connectivity index (χ1n) is 9.32. The van der Waals surface area contributed by atoms with Gasteiger partial charge in [-0.25, -0.2) is 4.98 Å². The number of aliphatic hydroxyl groups is 1. The van der Waals surface area contributed by atoms with E-state index < -0.39 is 0 Å². The van der Waals surface area contributed by atoms with E-state index in [-0.39, 0.29) is 6.61 Å². The van der Waals surface area contributed by atoms with E-state index in [1.165, 1.54) is 24.8 Å². The zero-order chi connectivity index (χ0) is 18.4. The second-order valence-corrected chi connectivity index (χ2v) is 7.28. The summed E-state index contributed by atoms with van der Waals surface area (Å²) < 4.78 is 0. The van der Waals surface area contributed by atoms with E-state index in [2.05, 4.69) is 38.8 Å². The molecule has 0 amide bonds. The SMILES string of the molecule is CC1CCCCN1c1cnc(CN(CCO)Cc2ccccc2)c(Cl)n1. The fourth-order valence-corrected chi connectivity index (χ4v) is 3.67. The molecule has 1 N–H and O–H groups in total. The maximum Gasteiger partial charge on any atom is 0.154 e. The smallest absolute Gasteiger partial charge is 0.154 e. The van der Waals surface area contributed by atoms with E-state index in [0.717, 1.165) is 24.6 Å². The van der Waals surface area contributed by atoms with Gasteiger partial charge in [0.25, 0.3) is 0 Å². The van der Waals surface area contributed by atoms with Gasteiger partial charge < -0.3 is 10.0 Å². The summed E-state index contributed by atoms with van der Waals surface area (Å²) in [5.41, 5.74) is 1.95. The summed E-state index contributed by atoms with van der Waals surface area (Å²) in [4.78, 5) is 13.6. The van der Waals surface area contributed by atoms with Gasteiger partial charge in [-0.1, -0.05) is 41.9 Å². The molecular weight excluding hydrogens is 348 g/mol. The number of hydrogen-bond acceptors (Lipinski definition) is 5. The number of piperidine rings is 1. The van der Waals surface area contributed by atoms with Crippen molar-refractivity contribution >= 4 is 17.4 Å². The summed E-state index contributed by atoms with van der Waals surface area (Å²) in [7, 11) is 0. The molecule has 3 rings (SSSR count). The lowest BCUT2D eigenvalue weighted by Gasteiger charge is -2.34. The van der Waals surface area contributed by atoms with E-state index in [4.69, 9.17) is 11.6 Å². The van der Waals surface area contributed by atoms with Crippen molar-refractivity contribution in [3.8, 4) is 0 Å². The first-order valence-corrected chi connectivity index (χ1v) is 9.70. The largest absolute Gasteiger partial charge is 0.395 e. The third-order valence-corrected chi connectivity index (χ3v) is 5.23. The molecule has 0 bridgehead atoms. The molecule has 140 valence electrons. The highest BCUT2D eigenvalue weighted by Gasteiger charge is 2.21. The highest BCUT2D eigenvalue weighted by atomic mass is 35.5. The molecule has 1 aromatic carbocycles. The Morgan fingerprint density at radius 1 is 1.23 bits per heavy atom. The van der Waals surface area contributed by atoms with Crippen LogP contribution in [0.15, 0.2) is 36.5 Å². The van der Waals surface area contributed by atoms with Crippen LogP contribution in [-0.2, 0) is 13.1 Å². The molecule has 0 aliphatic carbocycles. The fourth-order valence-electron chi connectivity index (χ4n) is 3.47. The molecule has 1 aliphatic heterocycles. The van der Waals surface area contributed by atoms with Crippen LogP contribution in [0.4, 0.5) is 5.82 Å². The van der Waals surface area contributed by atoms with Gasteiger partial charge in [-0.2, -0.15) is 0 Å². The number of hydrogen-bond donors (Lipinski definition) is 1. The molecule has 1 atom stereocenters. The third kappa shape index (κ3) is 4.93. The molecular formula is C20H27ClN4O. The van der Waals surface area contributed by atoms with Crippen LogP contribution < -0.4 is 4.90 Å². The number of rotatable bonds is 7. The summed E-state index contributed by atoms with van der Waals surface area (Å²) >= 11 is 6.45. The Morgan fingerprint density at radius 3 is 2.73 bits per heavy atom. The topological polar surface area (TPSA) is 52.5 Å². The molecule has 0 saturated carbocycles. The monoisotopic (exact) mass is 374 g/mol. The van der Waals surface area contributed by atoms with Gasteiger partial charge in [-0.3, -0.25) is 9.88 Å². The van der Waals surface area contributed by atoms with Crippen LogP contribution in [0.3, 0.4) is 0 Å². The molecule has 1 aliphatic rings. The second-order valence-electron chi connectivity index (χ2n) is 6.92. The van der Waals surface area contributed by atoms with Gasteiger partial charge in [0.1, 0.15) is 5.82 Å². The predicted octanol–water partition coefficient (Wildman–Crippen LogP) is 3.50. The first-order chi connectivity index (χ1) is 12.7. The molecule has 1 aromatic heterocycles. The Bertz CT molecular complexity index is 697. The average molecular weight is 375 g/mol. The molecule has 1 unspecified atom stereocenters. The summed E-state index contributed by atoms with van der Waals surface area (Å²) in [5.74, 6) is 0.864. The van der Waals surface area contributed by atoms with Crippen molar-refractivity contribution in [1.29, 1.82) is 0 Å². The van der Waals surface area contributed by atoms with Gasteiger partial charge in [-0.05, 0) is 31.7 Å². The molecule has 2 aromatic rings. The summed E-state index contributed by atoms with van der Waals surface area (Å²) in [6, 6.07) is 10.7. The van der Waals surface area contributed by atoms with Crippen LogP contribution in [0.1, 0.15) is 37.4 Å². The third-order valence-electron chi connectivity index (χ3n) is 4.92. The van der Waals surface area contributed by atoms with Crippen molar-refractivity contribution in [2.75, 3.05) is 24.6 Å². The molecule has 0 spiro atoms. The summed E-state index contributed by atoms with van der Waals surface area (Å²) in [5, 5.41) is 9.84. The van der Waals surface area contributed by atoms with Gasteiger partial charge >= 0.3 is 0 Å². The number of anilines is 1. The minimum absolute atomic E-state index is 0.0985. The van der Waals surface area contributed by atoms with Crippen molar-refractivity contribution < 1.29 is 5.11 Å². The standard InChI is InChI=1S/C20H27ClN4O/c1-16-7-5-6-10-25(16)19-13-22-18(20(21)23-19)15-24(11-12-26)14-17-8-3-2-4-9-17/h2-4,8-9,13,16,26H,5-7,10-12,14-15H2,1H3. The molecule has 1 saturated heterocycles. The summed E-state index contributed by atoms with van der Waals surface area (Å²) in [6.45, 7) is 5.21. The first kappa shape index (κ1) is 19.1. The average Bonchev–Trinajstić information content (AvgIpc) is 2.65. The van der Waals surface area contributed by atoms with Crippen molar-refractivity contribution in [3.63, 3.8) is 0 Å². The van der Waals surface area contributed by atoms with E-state index in [0.29, 0.717) is 24.3 Å². The molecule has 1 fully saturated rings. The maximum absolute atomic E-state index is 9.39. The van der Waals surface area contributed by atoms with Crippen LogP contribution in [0.25, 0.3) is 0 Å². The lowest BCUT2D eigenvalue weighted by atomic mass is 10.0. The van der Waals surface area contributed by atoms with Crippen LogP contribution in [0, 0.1) is 0 Å². The minimum atomic E-state index is 0.0985. The van der Waals surface area contributed by atoms with E-state index in [9.17, 15) is 5.11 Å². The van der Waals surface area contributed by atoms with Gasteiger partial charge in [0.15, 0.2) is 5.15 Å². The molecule has 0 radical (unpaired) electrons. The Morgan fingerprint density at radius 2 is 2.04 bits per heavy atom. The Labute approximate surface area is 160 Å². The lowest BCUT2D eigenvalue weighted by molar-refractivity contribution is 0.183. The van der Waals surface area contributed by atoms with E-state index in [1.54, 1.807) is 0 Å². The number of aliphatic hydroxyl groups excluding tert-OH is 1. The molecule has 2 heterocycles. The molecule has 26 heavy (non-hydrogen) atoms. The summed E-state index contributed by atoms with van der Waals surface area (Å²) in [6.07, 6.45) is 5.48. The van der Waals surface area contributed by atoms with Gasteiger partial charge in [0.2, 0.25) is 0 Å². The van der Waals surface area contributed by atoms with Crippen molar-refractivity contribution in [2.24, 2.45) is 0 Å². The zero-order valence-corrected chi connectivity index (χ0v) is 16.1. The number of halogens is 1. The lowest BCUT2D eigenvalue weighted by Crippen LogP contribution is -2.38. The minimum Gasteiger partial charge on any atom is -0.395 e. The normalized spacial score (nSPS) is 17.7. The van der Waals surface area contributed by atoms with Gasteiger partial charge in [0.05, 0.1) is 18.5 Å². The Kier molecular flexibility index (Phi) is 6.83. The fraction of sp³-hybridized carbons (Fsp3) is 0.500. The molecule has 6 heteroatoms. The van der Waals surface area contributed by atoms with Crippen molar-refractivity contribution in [1.82, 2.24) is 14.9 Å². The second kappa shape index (κ2) is 9.31. The Balaban J connectivity index is 1.71. The highest BCUT2D eigenvalue weighted by Crippen LogP contribution is 2.25. The van der Waals surface area contributed by atoms with Gasteiger partial charge in [0, 0.05) is 32.2 Å². The highest BCUT2D eigenvalue weighted by molar-refractivity contribution is 6.30. The van der Waals surface area contributed by atoms with Crippen LogP contribution in [0.5, 0.6) is 0 Å². The van der Waals surface area contributed by atoms with Crippen LogP contribution in [-0.4, -0.2) is 45.7 Å². The van der Waals surface area contributed by atoms with Crippen molar-refractivity contribution in [2.45, 2.75) is 45.3 Å². The number of nitrogens with zero attached hydrogens (tertiary/aromatic N) is 4. The zero-order valence-electron chi connectivity index (χ0n) is 15.3. The Hall–Kier alpha value is -1.69. The van der Waals surface area contributed by atoms with Crippen molar-refractivity contribution in [3.05, 3.63) is 52.9 Å². The molecule has 5 nitrogen and oxygen atoms in total. The number of benzene rings is 1. The van der Waals surface area contributed by atoms with Gasteiger partial charge in [-0.15, -0.1) is 0 Å². The van der Waals surface area contributed by atoms with Crippen LogP contribution in [0.2, 0.25) is 5.15 Å². The van der Waals surface area contributed by atoms with E-state index >= 15 is 0 Å². The maximum atomic E-state index is 9.39. The predicted molar refractivity (Wildman–Crippen MR) is 105 cm³/mol. The quantitative estimate of drug-likeness (QED) is 0.803. The van der Waals surface area contributed by atoms with E-state index in [1.807, 2.05) is 24.4 Å². The van der Waals surface area contributed by atoms with Crippen LogP contribution >= 0.6 is 11.6 Å².